The Morgan fingerprint density at radius 1 is 1.19 bits per heavy atom. The molecule has 166 valence electrons. The molecule has 4 atom stereocenters. The van der Waals surface area contributed by atoms with Crippen LogP contribution >= 0.6 is 12.4 Å². The minimum Gasteiger partial charge on any atom is -0.346 e. The summed E-state index contributed by atoms with van der Waals surface area (Å²) in [5, 5.41) is 5.80. The number of pyridine rings is 1. The number of nitrogens with one attached hydrogen (secondary N) is 2. The summed E-state index contributed by atoms with van der Waals surface area (Å²) in [5.41, 5.74) is 7.75. The molecule has 0 aliphatic carbocycles. The van der Waals surface area contributed by atoms with Gasteiger partial charge < -0.3 is 11.1 Å². The molecule has 0 saturated carbocycles. The van der Waals surface area contributed by atoms with Crippen LogP contribution in [0.4, 0.5) is 0 Å². The van der Waals surface area contributed by atoms with Gasteiger partial charge in [0.1, 0.15) is 5.92 Å². The Bertz CT molecular complexity index is 1010. The summed E-state index contributed by atoms with van der Waals surface area (Å²) in [5.74, 6) is -4.06. The molecule has 4 N–H and O–H groups in total. The number of benzene rings is 1. The van der Waals surface area contributed by atoms with E-state index < -0.39 is 47.4 Å². The first-order chi connectivity index (χ1) is 14.2. The van der Waals surface area contributed by atoms with E-state index in [4.69, 9.17) is 5.73 Å². The lowest BCUT2D eigenvalue weighted by Crippen LogP contribution is -2.49. The summed E-state index contributed by atoms with van der Waals surface area (Å²) in [6.07, 6.45) is 1.60. The van der Waals surface area contributed by atoms with Gasteiger partial charge >= 0.3 is 0 Å². The van der Waals surface area contributed by atoms with Gasteiger partial charge in [-0.2, -0.15) is 0 Å². The maximum Gasteiger partial charge on any atom is 0.238 e. The Kier molecular flexibility index (Phi) is 7.86. The fraction of sp³-hybridized carbons (Fsp3) is 0.409. The van der Waals surface area contributed by atoms with Crippen LogP contribution in [-0.2, 0) is 19.2 Å². The number of amides is 3. The van der Waals surface area contributed by atoms with Gasteiger partial charge in [-0.3, -0.25) is 29.5 Å². The number of hydrogen-bond acceptors (Lipinski definition) is 6. The van der Waals surface area contributed by atoms with E-state index in [0.29, 0.717) is 5.56 Å². The second kappa shape index (κ2) is 9.98. The standard InChI is InChI=1S/C22H26N4O4.ClH/c1-11(2)19(20(28)18-12(3)21(29)26-22(18)30)25-17(27)9-15(23)14-8-13-6-4-5-7-16(13)24-10-14;/h4-8,10-12,15,18-19H,9,23H2,1-3H3,(H,25,27)(H,26,29,30);1H/t12-,15?,18+,19-;/m0./s1. The molecule has 3 amide bonds. The van der Waals surface area contributed by atoms with Gasteiger partial charge in [0.25, 0.3) is 0 Å². The number of nitrogens with zero attached hydrogens (tertiary/aromatic N) is 1. The Labute approximate surface area is 186 Å². The first-order valence-corrected chi connectivity index (χ1v) is 9.97. The first kappa shape index (κ1) is 24.4. The molecule has 2 aromatic rings. The molecule has 1 aliphatic heterocycles. The zero-order chi connectivity index (χ0) is 22.0. The monoisotopic (exact) mass is 446 g/mol. The van der Waals surface area contributed by atoms with Gasteiger partial charge in [0.05, 0.1) is 17.5 Å². The molecular weight excluding hydrogens is 420 g/mol. The molecule has 8 nitrogen and oxygen atoms in total. The van der Waals surface area contributed by atoms with Crippen molar-refractivity contribution in [3.63, 3.8) is 0 Å². The van der Waals surface area contributed by atoms with E-state index in [9.17, 15) is 19.2 Å². The maximum absolute atomic E-state index is 12.9. The zero-order valence-corrected chi connectivity index (χ0v) is 18.4. The Morgan fingerprint density at radius 3 is 2.48 bits per heavy atom. The average Bonchev–Trinajstić information content (AvgIpc) is 2.96. The van der Waals surface area contributed by atoms with Gasteiger partial charge in [-0.1, -0.05) is 39.0 Å². The highest BCUT2D eigenvalue weighted by Gasteiger charge is 2.46. The number of fused-ring (bicyclic) bond motifs is 1. The van der Waals surface area contributed by atoms with Crippen LogP contribution in [-0.4, -0.2) is 34.5 Å². The van der Waals surface area contributed by atoms with Crippen molar-refractivity contribution in [3.8, 4) is 0 Å². The molecule has 1 unspecified atom stereocenters. The van der Waals surface area contributed by atoms with E-state index in [1.165, 1.54) is 6.92 Å². The van der Waals surface area contributed by atoms with Crippen molar-refractivity contribution >= 4 is 46.8 Å². The molecular formula is C22H27ClN4O4. The number of halogens is 1. The smallest absolute Gasteiger partial charge is 0.238 e. The zero-order valence-electron chi connectivity index (χ0n) is 17.6. The van der Waals surface area contributed by atoms with Crippen LogP contribution < -0.4 is 16.4 Å². The second-order valence-corrected chi connectivity index (χ2v) is 8.08. The molecule has 0 spiro atoms. The minimum atomic E-state index is -1.09. The second-order valence-electron chi connectivity index (χ2n) is 8.08. The van der Waals surface area contributed by atoms with Crippen LogP contribution in [0.5, 0.6) is 0 Å². The number of carbonyl (C=O) groups is 4. The van der Waals surface area contributed by atoms with Gasteiger partial charge in [0.2, 0.25) is 17.7 Å². The van der Waals surface area contributed by atoms with E-state index in [1.807, 2.05) is 30.3 Å². The third kappa shape index (κ3) is 5.26. The van der Waals surface area contributed by atoms with Crippen molar-refractivity contribution in [2.75, 3.05) is 0 Å². The number of para-hydroxylation sites is 1. The van der Waals surface area contributed by atoms with Crippen molar-refractivity contribution in [2.45, 2.75) is 39.3 Å². The van der Waals surface area contributed by atoms with E-state index in [0.717, 1.165) is 10.9 Å². The molecule has 1 aliphatic rings. The summed E-state index contributed by atoms with van der Waals surface area (Å²) in [6, 6.07) is 8.01. The predicted molar refractivity (Wildman–Crippen MR) is 118 cm³/mol. The number of imide groups is 1. The Balaban J connectivity index is 0.00000341. The van der Waals surface area contributed by atoms with Crippen molar-refractivity contribution < 1.29 is 19.2 Å². The van der Waals surface area contributed by atoms with Crippen LogP contribution in [0.15, 0.2) is 36.5 Å². The van der Waals surface area contributed by atoms with Gasteiger partial charge in [-0.25, -0.2) is 0 Å². The molecule has 1 saturated heterocycles. The van der Waals surface area contributed by atoms with Gasteiger partial charge in [-0.15, -0.1) is 12.4 Å². The highest BCUT2D eigenvalue weighted by Crippen LogP contribution is 2.24. The van der Waals surface area contributed by atoms with E-state index in [-0.39, 0.29) is 24.7 Å². The lowest BCUT2D eigenvalue weighted by atomic mass is 9.85. The molecule has 0 radical (unpaired) electrons. The maximum atomic E-state index is 12.9. The van der Waals surface area contributed by atoms with Crippen molar-refractivity contribution in [2.24, 2.45) is 23.5 Å². The van der Waals surface area contributed by atoms with E-state index >= 15 is 0 Å². The normalized spacial score (nSPS) is 20.2. The number of hydrogen-bond donors (Lipinski definition) is 3. The Morgan fingerprint density at radius 2 is 1.87 bits per heavy atom. The number of ketones is 1. The number of nitrogens with two attached hydrogens (primary N) is 1. The Hall–Kier alpha value is -2.84. The predicted octanol–water partition coefficient (Wildman–Crippen LogP) is 1.67. The lowest BCUT2D eigenvalue weighted by molar-refractivity contribution is -0.137. The fourth-order valence-electron chi connectivity index (χ4n) is 3.67. The molecule has 9 heteroatoms. The minimum absolute atomic E-state index is 0. The number of aromatic nitrogens is 1. The summed E-state index contributed by atoms with van der Waals surface area (Å²) in [7, 11) is 0. The van der Waals surface area contributed by atoms with Gasteiger partial charge in [-0.05, 0) is 23.6 Å². The largest absolute Gasteiger partial charge is 0.346 e. The quantitative estimate of drug-likeness (QED) is 0.438. The van der Waals surface area contributed by atoms with E-state index in [1.54, 1.807) is 20.0 Å². The summed E-state index contributed by atoms with van der Waals surface area (Å²) < 4.78 is 0. The first-order valence-electron chi connectivity index (χ1n) is 9.97. The topological polar surface area (TPSA) is 131 Å². The van der Waals surface area contributed by atoms with Gasteiger partial charge in [0, 0.05) is 24.0 Å². The molecule has 2 heterocycles. The van der Waals surface area contributed by atoms with Crippen LogP contribution in [0.3, 0.4) is 0 Å². The van der Waals surface area contributed by atoms with Crippen LogP contribution in [0.2, 0.25) is 0 Å². The number of Topliss-reactive ketones (excluding diaryl/α,β-unsaturated/α-hetero) is 1. The third-order valence-electron chi connectivity index (χ3n) is 5.48. The highest BCUT2D eigenvalue weighted by molar-refractivity contribution is 6.16. The summed E-state index contributed by atoms with van der Waals surface area (Å²) in [4.78, 5) is 53.6. The van der Waals surface area contributed by atoms with Crippen molar-refractivity contribution in [3.05, 3.63) is 42.1 Å². The fourth-order valence-corrected chi connectivity index (χ4v) is 3.67. The van der Waals surface area contributed by atoms with Crippen LogP contribution in [0.1, 0.15) is 38.8 Å². The number of carbonyl (C=O) groups excluding carboxylic acids is 4. The molecule has 1 aromatic heterocycles. The lowest BCUT2D eigenvalue weighted by Gasteiger charge is -2.25. The SMILES string of the molecule is CC(C)[C@H](NC(=O)CC(N)c1cnc2ccccc2c1)C(=O)[C@@H]1C(=O)NC(=O)[C@H]1C.Cl. The van der Waals surface area contributed by atoms with E-state index in [2.05, 4.69) is 15.6 Å². The molecule has 1 aromatic carbocycles. The average molecular weight is 447 g/mol. The summed E-state index contributed by atoms with van der Waals surface area (Å²) in [6.45, 7) is 5.08. The van der Waals surface area contributed by atoms with Crippen molar-refractivity contribution in [1.82, 2.24) is 15.6 Å². The molecule has 31 heavy (non-hydrogen) atoms. The summed E-state index contributed by atoms with van der Waals surface area (Å²) >= 11 is 0. The number of rotatable bonds is 7. The highest BCUT2D eigenvalue weighted by atomic mass is 35.5. The molecule has 0 bridgehead atoms. The van der Waals surface area contributed by atoms with Crippen LogP contribution in [0, 0.1) is 17.8 Å². The molecule has 1 fully saturated rings. The third-order valence-corrected chi connectivity index (χ3v) is 5.48. The van der Waals surface area contributed by atoms with Crippen LogP contribution in [0.25, 0.3) is 10.9 Å². The molecule has 3 rings (SSSR count). The van der Waals surface area contributed by atoms with Crippen molar-refractivity contribution in [1.29, 1.82) is 0 Å². The van der Waals surface area contributed by atoms with Gasteiger partial charge in [0.15, 0.2) is 5.78 Å².